The summed E-state index contributed by atoms with van der Waals surface area (Å²) in [5.41, 5.74) is 1.83. The van der Waals surface area contributed by atoms with Gasteiger partial charge in [-0.05, 0) is 55.5 Å². The Morgan fingerprint density at radius 3 is 2.21 bits per heavy atom. The summed E-state index contributed by atoms with van der Waals surface area (Å²) in [5, 5.41) is 0. The predicted octanol–water partition coefficient (Wildman–Crippen LogP) is 3.06. The van der Waals surface area contributed by atoms with Gasteiger partial charge in [-0.3, -0.25) is 4.79 Å². The fraction of sp³-hybridized carbons (Fsp3) is 0.381. The van der Waals surface area contributed by atoms with Gasteiger partial charge in [-0.1, -0.05) is 29.8 Å². The Balaban J connectivity index is 1.84. The number of nitrogens with one attached hydrogen (secondary N) is 1. The first kappa shape index (κ1) is 20.5. The molecule has 1 fully saturated rings. The molecule has 28 heavy (non-hydrogen) atoms. The first-order chi connectivity index (χ1) is 13.2. The molecule has 0 heterocycles. The molecule has 1 saturated carbocycles. The largest absolute Gasteiger partial charge is 0.349 e. The van der Waals surface area contributed by atoms with Gasteiger partial charge < -0.3 is 4.90 Å². The summed E-state index contributed by atoms with van der Waals surface area (Å²) in [5.74, 6) is -0.910. The van der Waals surface area contributed by atoms with E-state index in [1.54, 1.807) is 50.5 Å². The Morgan fingerprint density at radius 2 is 1.64 bits per heavy atom. The van der Waals surface area contributed by atoms with E-state index in [1.807, 2.05) is 6.92 Å². The molecule has 150 valence electrons. The smallest absolute Gasteiger partial charge is 0.240 e. The van der Waals surface area contributed by atoms with Gasteiger partial charge in [0.25, 0.3) is 0 Å². The third kappa shape index (κ3) is 4.42. The van der Waals surface area contributed by atoms with Crippen LogP contribution in [-0.4, -0.2) is 39.4 Å². The lowest BCUT2D eigenvalue weighted by molar-refractivity contribution is -0.133. The van der Waals surface area contributed by atoms with E-state index in [-0.39, 0.29) is 34.5 Å². The molecule has 1 aliphatic carbocycles. The van der Waals surface area contributed by atoms with E-state index in [0.29, 0.717) is 12.8 Å². The first-order valence-electron chi connectivity index (χ1n) is 9.23. The predicted molar refractivity (Wildman–Crippen MR) is 106 cm³/mol. The molecule has 2 aromatic carbocycles. The molecule has 1 N–H and O–H groups in total. The topological polar surface area (TPSA) is 66.5 Å². The highest BCUT2D eigenvalue weighted by molar-refractivity contribution is 7.89. The Bertz CT molecular complexity index is 941. The van der Waals surface area contributed by atoms with Crippen molar-refractivity contribution in [1.29, 1.82) is 0 Å². The van der Waals surface area contributed by atoms with Crippen LogP contribution in [0.1, 0.15) is 29.9 Å². The van der Waals surface area contributed by atoms with Crippen molar-refractivity contribution in [3.8, 4) is 0 Å². The molecular formula is C21H25FN2O3S. The van der Waals surface area contributed by atoms with Crippen LogP contribution in [0.5, 0.6) is 0 Å². The number of rotatable bonds is 5. The minimum atomic E-state index is -3.68. The Labute approximate surface area is 165 Å². The number of carbonyl (C=O) groups excluding carboxylic acids is 1. The molecule has 0 aliphatic heterocycles. The maximum atomic E-state index is 13.3. The second kappa shape index (κ2) is 8.01. The van der Waals surface area contributed by atoms with E-state index in [4.69, 9.17) is 0 Å². The number of carbonyl (C=O) groups is 1. The average Bonchev–Trinajstić information content (AvgIpc) is 3.04. The van der Waals surface area contributed by atoms with E-state index in [0.717, 1.165) is 11.1 Å². The summed E-state index contributed by atoms with van der Waals surface area (Å²) in [6.45, 7) is 1.89. The second-order valence-electron chi connectivity index (χ2n) is 7.60. The molecule has 1 amide bonds. The number of nitrogens with zero attached hydrogens (tertiary/aromatic N) is 1. The molecule has 3 atom stereocenters. The quantitative estimate of drug-likeness (QED) is 0.833. The molecule has 0 radical (unpaired) electrons. The highest BCUT2D eigenvalue weighted by Crippen LogP contribution is 2.41. The van der Waals surface area contributed by atoms with Gasteiger partial charge in [0, 0.05) is 26.1 Å². The van der Waals surface area contributed by atoms with Gasteiger partial charge in [0.2, 0.25) is 15.9 Å². The van der Waals surface area contributed by atoms with Gasteiger partial charge in [-0.25, -0.2) is 17.5 Å². The monoisotopic (exact) mass is 404 g/mol. The van der Waals surface area contributed by atoms with Crippen LogP contribution in [0.2, 0.25) is 0 Å². The number of sulfonamides is 1. The Kier molecular flexibility index (Phi) is 5.86. The van der Waals surface area contributed by atoms with Crippen molar-refractivity contribution >= 4 is 15.9 Å². The fourth-order valence-corrected chi connectivity index (χ4v) is 5.08. The molecule has 7 heteroatoms. The third-order valence-electron chi connectivity index (χ3n) is 5.27. The lowest BCUT2D eigenvalue weighted by Gasteiger charge is -2.22. The molecule has 0 bridgehead atoms. The van der Waals surface area contributed by atoms with Gasteiger partial charge in [0.05, 0.1) is 4.90 Å². The number of hydrogen-bond donors (Lipinski definition) is 1. The molecular weight excluding hydrogens is 379 g/mol. The SMILES string of the molecule is Cc1ccc(S(=O)(=O)N[C@@H]2C[C@H](C(=O)N(C)C)[C@@H](c3ccc(F)cc3)C2)cc1. The van der Waals surface area contributed by atoms with Crippen molar-refractivity contribution in [1.82, 2.24) is 9.62 Å². The van der Waals surface area contributed by atoms with Crippen molar-refractivity contribution in [3.63, 3.8) is 0 Å². The van der Waals surface area contributed by atoms with E-state index < -0.39 is 10.0 Å². The van der Waals surface area contributed by atoms with Gasteiger partial charge in [-0.2, -0.15) is 0 Å². The normalized spacial score (nSPS) is 22.2. The zero-order chi connectivity index (χ0) is 20.5. The third-order valence-corrected chi connectivity index (χ3v) is 6.81. The van der Waals surface area contributed by atoms with Crippen LogP contribution in [0, 0.1) is 18.7 Å². The minimum absolute atomic E-state index is 0.0497. The van der Waals surface area contributed by atoms with Gasteiger partial charge >= 0.3 is 0 Å². The first-order valence-corrected chi connectivity index (χ1v) is 10.7. The van der Waals surface area contributed by atoms with Gasteiger partial charge in [-0.15, -0.1) is 0 Å². The molecule has 1 aliphatic rings. The highest BCUT2D eigenvalue weighted by atomic mass is 32.2. The average molecular weight is 405 g/mol. The number of aryl methyl sites for hydroxylation is 1. The van der Waals surface area contributed by atoms with Crippen LogP contribution in [-0.2, 0) is 14.8 Å². The summed E-state index contributed by atoms with van der Waals surface area (Å²) in [6, 6.07) is 12.4. The molecule has 0 aromatic heterocycles. The Morgan fingerprint density at radius 1 is 1.04 bits per heavy atom. The van der Waals surface area contributed by atoms with Gasteiger partial charge in [0.1, 0.15) is 5.82 Å². The van der Waals surface area contributed by atoms with Crippen LogP contribution >= 0.6 is 0 Å². The van der Waals surface area contributed by atoms with Crippen LogP contribution in [0.4, 0.5) is 4.39 Å². The zero-order valence-electron chi connectivity index (χ0n) is 16.2. The van der Waals surface area contributed by atoms with Crippen LogP contribution < -0.4 is 4.72 Å². The molecule has 0 spiro atoms. The van der Waals surface area contributed by atoms with Crippen molar-refractivity contribution in [2.24, 2.45) is 5.92 Å². The van der Waals surface area contributed by atoms with Crippen molar-refractivity contribution < 1.29 is 17.6 Å². The van der Waals surface area contributed by atoms with Crippen molar-refractivity contribution in [2.75, 3.05) is 14.1 Å². The van der Waals surface area contributed by atoms with Crippen molar-refractivity contribution in [2.45, 2.75) is 36.6 Å². The van der Waals surface area contributed by atoms with E-state index in [2.05, 4.69) is 4.72 Å². The fourth-order valence-electron chi connectivity index (χ4n) is 3.82. The van der Waals surface area contributed by atoms with E-state index in [9.17, 15) is 17.6 Å². The molecule has 5 nitrogen and oxygen atoms in total. The lowest BCUT2D eigenvalue weighted by atomic mass is 9.88. The van der Waals surface area contributed by atoms with Crippen LogP contribution in [0.15, 0.2) is 53.4 Å². The van der Waals surface area contributed by atoms with E-state index >= 15 is 0 Å². The number of hydrogen-bond acceptors (Lipinski definition) is 3. The maximum absolute atomic E-state index is 13.3. The molecule has 3 rings (SSSR count). The van der Waals surface area contributed by atoms with Crippen LogP contribution in [0.25, 0.3) is 0 Å². The standard InChI is InChI=1S/C21H25FN2O3S/c1-14-4-10-18(11-5-14)28(26,27)23-17-12-19(15-6-8-16(22)9-7-15)20(13-17)21(25)24(2)3/h4-11,17,19-20,23H,12-13H2,1-3H3/t17-,19+,20-/m0/s1. The number of benzene rings is 2. The molecule has 0 unspecified atom stereocenters. The summed E-state index contributed by atoms with van der Waals surface area (Å²) in [6.07, 6.45) is 0.894. The second-order valence-corrected chi connectivity index (χ2v) is 9.31. The Hall–Kier alpha value is -2.25. The number of halogens is 1. The lowest BCUT2D eigenvalue weighted by Crippen LogP contribution is -2.34. The summed E-state index contributed by atoms with van der Waals surface area (Å²) < 4.78 is 41.5. The summed E-state index contributed by atoms with van der Waals surface area (Å²) in [4.78, 5) is 14.4. The minimum Gasteiger partial charge on any atom is -0.349 e. The van der Waals surface area contributed by atoms with Crippen molar-refractivity contribution in [3.05, 3.63) is 65.5 Å². The molecule has 2 aromatic rings. The molecule has 0 saturated heterocycles. The maximum Gasteiger partial charge on any atom is 0.240 e. The van der Waals surface area contributed by atoms with Gasteiger partial charge in [0.15, 0.2) is 0 Å². The zero-order valence-corrected chi connectivity index (χ0v) is 17.0. The van der Waals surface area contributed by atoms with Crippen LogP contribution in [0.3, 0.4) is 0 Å². The highest BCUT2D eigenvalue weighted by Gasteiger charge is 2.41. The summed E-state index contributed by atoms with van der Waals surface area (Å²) >= 11 is 0. The van der Waals surface area contributed by atoms with E-state index in [1.165, 1.54) is 17.0 Å². The summed E-state index contributed by atoms with van der Waals surface area (Å²) in [7, 11) is -0.300. The number of amides is 1.